The molecule has 2 fully saturated rings. The second-order valence-electron chi connectivity index (χ2n) is 7.23. The van der Waals surface area contributed by atoms with Gasteiger partial charge in [-0.25, -0.2) is 0 Å². The molecule has 0 saturated carbocycles. The third-order valence-electron chi connectivity index (χ3n) is 5.64. The van der Waals surface area contributed by atoms with E-state index < -0.39 is 0 Å². The molecule has 5 nitrogen and oxygen atoms in total. The molecule has 25 heavy (non-hydrogen) atoms. The molecule has 0 unspecified atom stereocenters. The molecule has 1 N–H and O–H groups in total. The van der Waals surface area contributed by atoms with Crippen LogP contribution in [-0.4, -0.2) is 53.9 Å². The molecule has 136 valence electrons. The predicted molar refractivity (Wildman–Crippen MR) is 98.8 cm³/mol. The molecule has 0 atom stereocenters. The fourth-order valence-electron chi connectivity index (χ4n) is 4.28. The Hall–Kier alpha value is -1.43. The summed E-state index contributed by atoms with van der Waals surface area (Å²) in [5.74, 6) is 0.568. The molecule has 0 aromatic carbocycles. The Morgan fingerprint density at radius 2 is 2.04 bits per heavy atom. The lowest BCUT2D eigenvalue weighted by atomic mass is 9.93. The van der Waals surface area contributed by atoms with Crippen LogP contribution >= 0.6 is 0 Å². The molecule has 2 aliphatic rings. The standard InChI is InChI=1S/C20H29N3O2/c1-2-25-16-5-10-23(11-6-16)14-17-19(15-7-12-24-13-8-15)22-18-4-3-9-21-20(17)18/h3-4,9,15-16,22H,2,5-8,10-14H2,1H3. The first-order chi connectivity index (χ1) is 12.3. The van der Waals surface area contributed by atoms with Crippen LogP contribution in [0.4, 0.5) is 0 Å². The van der Waals surface area contributed by atoms with Gasteiger partial charge in [-0.05, 0) is 44.7 Å². The van der Waals surface area contributed by atoms with Gasteiger partial charge in [0.15, 0.2) is 0 Å². The fourth-order valence-corrected chi connectivity index (χ4v) is 4.28. The lowest BCUT2D eigenvalue weighted by Crippen LogP contribution is -2.36. The van der Waals surface area contributed by atoms with Crippen molar-refractivity contribution in [2.24, 2.45) is 0 Å². The summed E-state index contributed by atoms with van der Waals surface area (Å²) in [6.45, 7) is 7.85. The number of rotatable bonds is 5. The van der Waals surface area contributed by atoms with Gasteiger partial charge < -0.3 is 14.5 Å². The predicted octanol–water partition coefficient (Wildman–Crippen LogP) is 3.46. The number of likely N-dealkylation sites (tertiary alicyclic amines) is 1. The molecule has 4 heterocycles. The van der Waals surface area contributed by atoms with E-state index in [0.29, 0.717) is 12.0 Å². The van der Waals surface area contributed by atoms with E-state index in [1.165, 1.54) is 16.8 Å². The van der Waals surface area contributed by atoms with Crippen molar-refractivity contribution in [3.63, 3.8) is 0 Å². The first kappa shape index (κ1) is 17.0. The van der Waals surface area contributed by atoms with Gasteiger partial charge >= 0.3 is 0 Å². The minimum absolute atomic E-state index is 0.442. The zero-order valence-corrected chi connectivity index (χ0v) is 15.2. The van der Waals surface area contributed by atoms with E-state index in [4.69, 9.17) is 14.5 Å². The summed E-state index contributed by atoms with van der Waals surface area (Å²) in [4.78, 5) is 10.9. The number of nitrogens with zero attached hydrogens (tertiary/aromatic N) is 2. The molecule has 0 aliphatic carbocycles. The van der Waals surface area contributed by atoms with Gasteiger partial charge in [-0.2, -0.15) is 0 Å². The topological polar surface area (TPSA) is 50.4 Å². The average Bonchev–Trinajstić information content (AvgIpc) is 3.03. The van der Waals surface area contributed by atoms with Crippen LogP contribution in [0, 0.1) is 0 Å². The Bertz CT molecular complexity index is 685. The summed E-state index contributed by atoms with van der Waals surface area (Å²) >= 11 is 0. The van der Waals surface area contributed by atoms with Gasteiger partial charge in [0.1, 0.15) is 0 Å². The largest absolute Gasteiger partial charge is 0.381 e. The third-order valence-corrected chi connectivity index (χ3v) is 5.64. The van der Waals surface area contributed by atoms with Crippen molar-refractivity contribution in [3.8, 4) is 0 Å². The molecule has 0 radical (unpaired) electrons. The number of piperidine rings is 1. The number of nitrogens with one attached hydrogen (secondary N) is 1. The second-order valence-corrected chi connectivity index (χ2v) is 7.23. The lowest BCUT2D eigenvalue weighted by Gasteiger charge is -2.32. The zero-order chi connectivity index (χ0) is 17.1. The third kappa shape index (κ3) is 3.73. The first-order valence-electron chi connectivity index (χ1n) is 9.72. The molecule has 2 aromatic rings. The number of ether oxygens (including phenoxy) is 2. The van der Waals surface area contributed by atoms with Gasteiger partial charge in [0, 0.05) is 62.8 Å². The van der Waals surface area contributed by atoms with E-state index in [1.54, 1.807) is 0 Å². The van der Waals surface area contributed by atoms with Crippen molar-refractivity contribution >= 4 is 11.0 Å². The van der Waals surface area contributed by atoms with Crippen LogP contribution in [0.3, 0.4) is 0 Å². The number of fused-ring (bicyclic) bond motifs is 1. The van der Waals surface area contributed by atoms with Crippen LogP contribution in [0.25, 0.3) is 11.0 Å². The van der Waals surface area contributed by atoms with Crippen molar-refractivity contribution in [1.82, 2.24) is 14.9 Å². The molecule has 4 rings (SSSR count). The van der Waals surface area contributed by atoms with Crippen molar-refractivity contribution in [1.29, 1.82) is 0 Å². The summed E-state index contributed by atoms with van der Waals surface area (Å²) in [7, 11) is 0. The second kappa shape index (κ2) is 7.85. The molecule has 0 amide bonds. The Labute approximate surface area is 149 Å². The summed E-state index contributed by atoms with van der Waals surface area (Å²) in [5.41, 5.74) is 5.11. The van der Waals surface area contributed by atoms with Crippen LogP contribution in [0.1, 0.15) is 49.8 Å². The van der Waals surface area contributed by atoms with Gasteiger partial charge in [-0.15, -0.1) is 0 Å². The Morgan fingerprint density at radius 1 is 1.24 bits per heavy atom. The Kier molecular flexibility index (Phi) is 5.34. The van der Waals surface area contributed by atoms with Crippen molar-refractivity contribution < 1.29 is 9.47 Å². The fraction of sp³-hybridized carbons (Fsp3) is 0.650. The SMILES string of the molecule is CCOC1CCN(Cc2c(C3CCOCC3)[nH]c3cccnc23)CC1. The number of aromatic nitrogens is 2. The van der Waals surface area contributed by atoms with Crippen LogP contribution in [-0.2, 0) is 16.0 Å². The van der Waals surface area contributed by atoms with E-state index >= 15 is 0 Å². The Balaban J connectivity index is 1.55. The van der Waals surface area contributed by atoms with Crippen molar-refractivity contribution in [2.45, 2.75) is 51.2 Å². The smallest absolute Gasteiger partial charge is 0.0926 e. The van der Waals surface area contributed by atoms with E-state index in [9.17, 15) is 0 Å². The van der Waals surface area contributed by atoms with Gasteiger partial charge in [0.05, 0.1) is 17.1 Å². The maximum atomic E-state index is 5.80. The number of hydrogen-bond donors (Lipinski definition) is 1. The van der Waals surface area contributed by atoms with Crippen LogP contribution < -0.4 is 0 Å². The quantitative estimate of drug-likeness (QED) is 0.903. The minimum atomic E-state index is 0.442. The van der Waals surface area contributed by atoms with Gasteiger partial charge in [0.25, 0.3) is 0 Å². The summed E-state index contributed by atoms with van der Waals surface area (Å²) in [6, 6.07) is 4.17. The average molecular weight is 343 g/mol. The molecule has 2 saturated heterocycles. The van der Waals surface area contributed by atoms with E-state index in [-0.39, 0.29) is 0 Å². The first-order valence-corrected chi connectivity index (χ1v) is 9.72. The van der Waals surface area contributed by atoms with Crippen molar-refractivity contribution in [2.75, 3.05) is 32.9 Å². The minimum Gasteiger partial charge on any atom is -0.381 e. The number of H-pyrrole nitrogens is 1. The van der Waals surface area contributed by atoms with Crippen molar-refractivity contribution in [3.05, 3.63) is 29.6 Å². The van der Waals surface area contributed by atoms with E-state index in [1.807, 2.05) is 12.3 Å². The van der Waals surface area contributed by atoms with Crippen LogP contribution in [0.2, 0.25) is 0 Å². The van der Waals surface area contributed by atoms with Gasteiger partial charge in [-0.1, -0.05) is 0 Å². The molecule has 5 heteroatoms. The Morgan fingerprint density at radius 3 is 2.80 bits per heavy atom. The van der Waals surface area contributed by atoms with Gasteiger partial charge in [-0.3, -0.25) is 9.88 Å². The lowest BCUT2D eigenvalue weighted by molar-refractivity contribution is 0.0124. The van der Waals surface area contributed by atoms with E-state index in [2.05, 4.69) is 22.9 Å². The maximum Gasteiger partial charge on any atom is 0.0926 e. The highest BCUT2D eigenvalue weighted by atomic mass is 16.5. The molecule has 0 bridgehead atoms. The summed E-state index contributed by atoms with van der Waals surface area (Å²) in [5, 5.41) is 0. The summed E-state index contributed by atoms with van der Waals surface area (Å²) in [6.07, 6.45) is 6.83. The number of aromatic amines is 1. The molecule has 2 aromatic heterocycles. The number of hydrogen-bond acceptors (Lipinski definition) is 4. The van der Waals surface area contributed by atoms with Crippen LogP contribution in [0.15, 0.2) is 18.3 Å². The number of pyridine rings is 1. The highest BCUT2D eigenvalue weighted by Gasteiger charge is 2.26. The maximum absolute atomic E-state index is 5.80. The van der Waals surface area contributed by atoms with Gasteiger partial charge in [0.2, 0.25) is 0 Å². The summed E-state index contributed by atoms with van der Waals surface area (Å²) < 4.78 is 11.4. The highest BCUT2D eigenvalue weighted by molar-refractivity contribution is 5.80. The molecular weight excluding hydrogens is 314 g/mol. The molecular formula is C20H29N3O2. The monoisotopic (exact) mass is 343 g/mol. The van der Waals surface area contributed by atoms with E-state index in [0.717, 1.165) is 70.7 Å². The zero-order valence-electron chi connectivity index (χ0n) is 15.2. The highest BCUT2D eigenvalue weighted by Crippen LogP contribution is 2.33. The molecule has 0 spiro atoms. The normalized spacial score (nSPS) is 21.2. The van der Waals surface area contributed by atoms with Crippen LogP contribution in [0.5, 0.6) is 0 Å². The molecule has 2 aliphatic heterocycles.